The number of ether oxygens (including phenoxy) is 2. The van der Waals surface area contributed by atoms with Crippen molar-refractivity contribution in [3.8, 4) is 0 Å². The molecule has 0 amide bonds. The minimum atomic E-state index is -0.784. The maximum Gasteiger partial charge on any atom is 0.338 e. The zero-order chi connectivity index (χ0) is 20.9. The molecule has 1 saturated carbocycles. The van der Waals surface area contributed by atoms with Crippen molar-refractivity contribution in [3.63, 3.8) is 0 Å². The molecule has 0 radical (unpaired) electrons. The van der Waals surface area contributed by atoms with Gasteiger partial charge in [-0.2, -0.15) is 0 Å². The minimum absolute atomic E-state index is 0.0485. The van der Waals surface area contributed by atoms with Crippen molar-refractivity contribution >= 4 is 18.0 Å². The summed E-state index contributed by atoms with van der Waals surface area (Å²) in [4.78, 5) is 24.2. The van der Waals surface area contributed by atoms with Crippen LogP contribution in [0.15, 0.2) is 78.9 Å². The number of hydrogen-bond donors (Lipinski definition) is 1. The van der Waals surface area contributed by atoms with Crippen molar-refractivity contribution in [2.24, 2.45) is 11.8 Å². The van der Waals surface area contributed by atoms with Gasteiger partial charge in [-0.1, -0.05) is 72.8 Å². The fourth-order valence-electron chi connectivity index (χ4n) is 4.15. The summed E-state index contributed by atoms with van der Waals surface area (Å²) in [6.45, 7) is 0. The number of benzene rings is 2. The van der Waals surface area contributed by atoms with E-state index in [1.54, 1.807) is 36.4 Å². The van der Waals surface area contributed by atoms with Crippen molar-refractivity contribution in [1.82, 2.24) is 0 Å². The number of fused-ring (bicyclic) bond motifs is 1. The van der Waals surface area contributed by atoms with Crippen LogP contribution in [0.1, 0.15) is 28.8 Å². The molecule has 5 atom stereocenters. The zero-order valence-corrected chi connectivity index (χ0v) is 16.5. The molecule has 0 aromatic heterocycles. The first-order chi connectivity index (χ1) is 14.6. The van der Waals surface area contributed by atoms with Gasteiger partial charge in [-0.3, -0.25) is 4.79 Å². The van der Waals surface area contributed by atoms with Gasteiger partial charge in [-0.05, 0) is 17.7 Å². The number of carbonyl (C=O) groups is 2. The predicted molar refractivity (Wildman–Crippen MR) is 112 cm³/mol. The van der Waals surface area contributed by atoms with E-state index in [1.807, 2.05) is 48.6 Å². The first-order valence-corrected chi connectivity index (χ1v) is 10.2. The van der Waals surface area contributed by atoms with Gasteiger partial charge in [-0.15, -0.1) is 0 Å². The molecule has 2 aromatic rings. The fourth-order valence-corrected chi connectivity index (χ4v) is 4.15. The number of aliphatic hydroxyl groups is 1. The SMILES string of the molecule is O=C1C[C@@H]2[C@@H](/C=C/C(O)/C=C/c3ccccc3)[C@H](OC(=O)c3ccccc3)C[C@@H]2O1. The minimum Gasteiger partial charge on any atom is -0.462 e. The Morgan fingerprint density at radius 3 is 2.50 bits per heavy atom. The van der Waals surface area contributed by atoms with Gasteiger partial charge in [-0.25, -0.2) is 4.79 Å². The average molecular weight is 404 g/mol. The van der Waals surface area contributed by atoms with E-state index in [4.69, 9.17) is 9.47 Å². The van der Waals surface area contributed by atoms with E-state index in [2.05, 4.69) is 0 Å². The van der Waals surface area contributed by atoms with Crippen molar-refractivity contribution in [2.75, 3.05) is 0 Å². The van der Waals surface area contributed by atoms with Gasteiger partial charge in [0.15, 0.2) is 0 Å². The van der Waals surface area contributed by atoms with E-state index in [0.717, 1.165) is 5.56 Å². The molecule has 1 heterocycles. The highest BCUT2D eigenvalue weighted by Crippen LogP contribution is 2.43. The van der Waals surface area contributed by atoms with Gasteiger partial charge in [0.05, 0.1) is 18.1 Å². The molecule has 4 rings (SSSR count). The highest BCUT2D eigenvalue weighted by atomic mass is 16.6. The lowest BCUT2D eigenvalue weighted by Gasteiger charge is -2.20. The third-order valence-electron chi connectivity index (χ3n) is 5.63. The van der Waals surface area contributed by atoms with Crippen molar-refractivity contribution in [3.05, 3.63) is 90.0 Å². The largest absolute Gasteiger partial charge is 0.462 e. The van der Waals surface area contributed by atoms with Crippen LogP contribution < -0.4 is 0 Å². The summed E-state index contributed by atoms with van der Waals surface area (Å²) in [6.07, 6.45) is 6.41. The lowest BCUT2D eigenvalue weighted by atomic mass is 9.91. The smallest absolute Gasteiger partial charge is 0.338 e. The van der Waals surface area contributed by atoms with Gasteiger partial charge >= 0.3 is 11.9 Å². The molecule has 1 aliphatic carbocycles. The predicted octanol–water partition coefficient (Wildman–Crippen LogP) is 3.79. The molecular formula is C25H24O5. The normalized spacial score (nSPS) is 26.6. The topological polar surface area (TPSA) is 72.8 Å². The van der Waals surface area contributed by atoms with Gasteiger partial charge in [0, 0.05) is 18.3 Å². The Morgan fingerprint density at radius 2 is 1.77 bits per heavy atom. The van der Waals surface area contributed by atoms with Crippen LogP contribution >= 0.6 is 0 Å². The Bertz CT molecular complexity index is 935. The molecule has 30 heavy (non-hydrogen) atoms. The number of aliphatic hydroxyl groups excluding tert-OH is 1. The second-order valence-corrected chi connectivity index (χ2v) is 7.66. The first kappa shape index (κ1) is 20.1. The van der Waals surface area contributed by atoms with E-state index in [0.29, 0.717) is 18.4 Å². The Morgan fingerprint density at radius 1 is 1.07 bits per heavy atom. The number of carbonyl (C=O) groups excluding carboxylic acids is 2. The van der Waals surface area contributed by atoms with Crippen LogP contribution in [0.25, 0.3) is 6.08 Å². The molecule has 2 aromatic carbocycles. The Hall–Kier alpha value is -3.18. The zero-order valence-electron chi connectivity index (χ0n) is 16.5. The van der Waals surface area contributed by atoms with Crippen LogP contribution in [0.2, 0.25) is 0 Å². The number of esters is 2. The van der Waals surface area contributed by atoms with Crippen LogP contribution in [0.3, 0.4) is 0 Å². The summed E-state index contributed by atoms with van der Waals surface area (Å²) >= 11 is 0. The molecular weight excluding hydrogens is 380 g/mol. The van der Waals surface area contributed by atoms with Crippen molar-refractivity contribution < 1.29 is 24.2 Å². The summed E-state index contributed by atoms with van der Waals surface area (Å²) < 4.78 is 11.2. The van der Waals surface area contributed by atoms with Crippen LogP contribution in [-0.2, 0) is 14.3 Å². The van der Waals surface area contributed by atoms with E-state index >= 15 is 0 Å². The fraction of sp³-hybridized carbons (Fsp3) is 0.280. The molecule has 154 valence electrons. The van der Waals surface area contributed by atoms with E-state index < -0.39 is 18.2 Å². The maximum atomic E-state index is 12.5. The third kappa shape index (κ3) is 4.69. The Labute approximate surface area is 175 Å². The summed E-state index contributed by atoms with van der Waals surface area (Å²) in [5, 5.41) is 10.3. The molecule has 1 unspecified atom stereocenters. The van der Waals surface area contributed by atoms with Crippen LogP contribution in [0, 0.1) is 11.8 Å². The maximum absolute atomic E-state index is 12.5. The molecule has 0 bridgehead atoms. The lowest BCUT2D eigenvalue weighted by Crippen LogP contribution is -2.25. The summed E-state index contributed by atoms with van der Waals surface area (Å²) in [6, 6.07) is 18.5. The molecule has 5 nitrogen and oxygen atoms in total. The van der Waals surface area contributed by atoms with Gasteiger partial charge in [0.25, 0.3) is 0 Å². The molecule has 5 heteroatoms. The second kappa shape index (κ2) is 9.09. The monoisotopic (exact) mass is 404 g/mol. The molecule has 0 spiro atoms. The molecule has 1 saturated heterocycles. The standard InChI is InChI=1S/C25H24O5/c26-19(12-11-17-7-3-1-4-8-17)13-14-20-21-15-24(27)29-23(21)16-22(20)30-25(28)18-9-5-2-6-10-18/h1-14,19-23,26H,15-16H2/b12-11+,14-13+/t19?,20-,21-,22-,23+/m1/s1. The highest BCUT2D eigenvalue weighted by Gasteiger charge is 2.50. The Kier molecular flexibility index (Phi) is 6.10. The molecule has 2 aliphatic rings. The van der Waals surface area contributed by atoms with Gasteiger partial charge in [0.2, 0.25) is 0 Å². The second-order valence-electron chi connectivity index (χ2n) is 7.66. The van der Waals surface area contributed by atoms with Crippen molar-refractivity contribution in [1.29, 1.82) is 0 Å². The van der Waals surface area contributed by atoms with Crippen LogP contribution in [-0.4, -0.2) is 35.4 Å². The van der Waals surface area contributed by atoms with Crippen molar-refractivity contribution in [2.45, 2.75) is 31.2 Å². The number of rotatable bonds is 6. The highest BCUT2D eigenvalue weighted by molar-refractivity contribution is 5.89. The summed E-state index contributed by atoms with van der Waals surface area (Å²) in [7, 11) is 0. The summed E-state index contributed by atoms with van der Waals surface area (Å²) in [5.41, 5.74) is 1.48. The van der Waals surface area contributed by atoms with E-state index in [-0.39, 0.29) is 23.9 Å². The quantitative estimate of drug-likeness (QED) is 0.586. The van der Waals surface area contributed by atoms with E-state index in [1.165, 1.54) is 0 Å². The molecule has 2 fully saturated rings. The first-order valence-electron chi connectivity index (χ1n) is 10.2. The Balaban J connectivity index is 1.45. The van der Waals surface area contributed by atoms with E-state index in [9.17, 15) is 14.7 Å². The number of hydrogen-bond acceptors (Lipinski definition) is 5. The average Bonchev–Trinajstić information content (AvgIpc) is 3.27. The van der Waals surface area contributed by atoms with Gasteiger partial charge < -0.3 is 14.6 Å². The van der Waals surface area contributed by atoms with Crippen LogP contribution in [0.5, 0.6) is 0 Å². The molecule has 1 N–H and O–H groups in total. The lowest BCUT2D eigenvalue weighted by molar-refractivity contribution is -0.141. The third-order valence-corrected chi connectivity index (χ3v) is 5.63. The van der Waals surface area contributed by atoms with Gasteiger partial charge in [0.1, 0.15) is 12.2 Å². The summed E-state index contributed by atoms with van der Waals surface area (Å²) in [5.74, 6) is -0.850. The van der Waals surface area contributed by atoms with Crippen LogP contribution in [0.4, 0.5) is 0 Å². The molecule has 1 aliphatic heterocycles.